The van der Waals surface area contributed by atoms with Crippen LogP contribution in [0.5, 0.6) is 0 Å². The van der Waals surface area contributed by atoms with E-state index in [1.165, 1.54) is 63.8 Å². The number of aromatic nitrogens is 2. The van der Waals surface area contributed by atoms with Gasteiger partial charge in [0.1, 0.15) is 10.8 Å². The average molecular weight is 335 g/mol. The summed E-state index contributed by atoms with van der Waals surface area (Å²) < 4.78 is 4.66. The molecule has 126 valence electrons. The number of ether oxygens (including phenoxy) is 1. The molecule has 1 aromatic heterocycles. The van der Waals surface area contributed by atoms with E-state index in [2.05, 4.69) is 19.6 Å². The van der Waals surface area contributed by atoms with E-state index in [4.69, 9.17) is 0 Å². The fraction of sp³-hybridized carbons (Fsp3) is 0.706. The molecule has 1 aliphatic heterocycles. The Morgan fingerprint density at radius 2 is 1.96 bits per heavy atom. The highest BCUT2D eigenvalue weighted by atomic mass is 32.2. The highest BCUT2D eigenvalue weighted by molar-refractivity contribution is 7.99. The van der Waals surface area contributed by atoms with Gasteiger partial charge < -0.3 is 9.64 Å². The quantitative estimate of drug-likeness (QED) is 0.622. The van der Waals surface area contributed by atoms with Crippen molar-refractivity contribution in [2.75, 3.05) is 30.9 Å². The van der Waals surface area contributed by atoms with Gasteiger partial charge in [0.25, 0.3) is 0 Å². The fourth-order valence-electron chi connectivity index (χ4n) is 3.76. The summed E-state index contributed by atoms with van der Waals surface area (Å²) in [5.74, 6) is 0.975. The Morgan fingerprint density at radius 3 is 2.65 bits per heavy atom. The van der Waals surface area contributed by atoms with Gasteiger partial charge in [-0.15, -0.1) is 0 Å². The van der Waals surface area contributed by atoms with E-state index in [0.29, 0.717) is 5.41 Å². The van der Waals surface area contributed by atoms with Gasteiger partial charge in [0.05, 0.1) is 25.3 Å². The van der Waals surface area contributed by atoms with Gasteiger partial charge >= 0.3 is 5.97 Å². The zero-order chi connectivity index (χ0) is 16.1. The van der Waals surface area contributed by atoms with Crippen molar-refractivity contribution in [2.24, 2.45) is 5.41 Å². The lowest BCUT2D eigenvalue weighted by atomic mass is 9.68. The molecule has 6 heteroatoms. The number of hydrogen-bond acceptors (Lipinski definition) is 6. The number of carbonyl (C=O) groups excluding carboxylic acids is 1. The molecule has 1 aliphatic carbocycles. The number of thioether (sulfide) groups is 1. The molecule has 3 rings (SSSR count). The van der Waals surface area contributed by atoms with Crippen molar-refractivity contribution in [3.05, 3.63) is 12.4 Å². The minimum Gasteiger partial charge on any atom is -0.468 e. The molecule has 1 saturated carbocycles. The summed E-state index contributed by atoms with van der Waals surface area (Å²) in [5, 5.41) is 0.783. The molecule has 0 N–H and O–H groups in total. The molecule has 0 bridgehead atoms. The third-order valence-electron chi connectivity index (χ3n) is 5.23. The highest BCUT2D eigenvalue weighted by Crippen LogP contribution is 2.44. The van der Waals surface area contributed by atoms with E-state index in [1.54, 1.807) is 6.20 Å². The first-order valence-electron chi connectivity index (χ1n) is 8.47. The van der Waals surface area contributed by atoms with Gasteiger partial charge in [-0.3, -0.25) is 9.78 Å². The van der Waals surface area contributed by atoms with Crippen LogP contribution in [0.15, 0.2) is 17.4 Å². The fourth-order valence-corrected chi connectivity index (χ4v) is 4.44. The number of anilines is 1. The maximum Gasteiger partial charge on any atom is 0.316 e. The van der Waals surface area contributed by atoms with Crippen molar-refractivity contribution >= 4 is 23.5 Å². The van der Waals surface area contributed by atoms with Crippen LogP contribution in [0.2, 0.25) is 0 Å². The summed E-state index contributed by atoms with van der Waals surface area (Å²) in [6.45, 7) is 2.14. The Balaban J connectivity index is 1.58. The SMILES string of the molecule is COC(=O)CSc1cncc(N2CCC3(CCCCC3)CC2)n1. The zero-order valence-corrected chi connectivity index (χ0v) is 14.6. The van der Waals surface area contributed by atoms with Gasteiger partial charge in [-0.1, -0.05) is 31.0 Å². The molecule has 1 spiro atoms. The topological polar surface area (TPSA) is 55.3 Å². The van der Waals surface area contributed by atoms with Crippen LogP contribution in [0.3, 0.4) is 0 Å². The molecule has 2 fully saturated rings. The van der Waals surface area contributed by atoms with Crippen LogP contribution < -0.4 is 4.90 Å². The predicted molar refractivity (Wildman–Crippen MR) is 91.7 cm³/mol. The Bertz CT molecular complexity index is 536. The molecule has 2 heterocycles. The normalized spacial score (nSPS) is 20.5. The van der Waals surface area contributed by atoms with E-state index < -0.39 is 0 Å². The Hall–Kier alpha value is -1.30. The zero-order valence-electron chi connectivity index (χ0n) is 13.8. The van der Waals surface area contributed by atoms with Crippen LogP contribution >= 0.6 is 11.8 Å². The molecule has 0 amide bonds. The summed E-state index contributed by atoms with van der Waals surface area (Å²) in [5.41, 5.74) is 0.597. The summed E-state index contributed by atoms with van der Waals surface area (Å²) in [6.07, 6.45) is 13.1. The predicted octanol–water partition coefficient (Wildman–Crippen LogP) is 3.29. The van der Waals surface area contributed by atoms with Crippen molar-refractivity contribution < 1.29 is 9.53 Å². The number of methoxy groups -OCH3 is 1. The van der Waals surface area contributed by atoms with Crippen molar-refractivity contribution in [1.29, 1.82) is 0 Å². The summed E-state index contributed by atoms with van der Waals surface area (Å²) in [6, 6.07) is 0. The molecular weight excluding hydrogens is 310 g/mol. The second-order valence-electron chi connectivity index (χ2n) is 6.63. The van der Waals surface area contributed by atoms with E-state index in [0.717, 1.165) is 23.9 Å². The van der Waals surface area contributed by atoms with E-state index >= 15 is 0 Å². The van der Waals surface area contributed by atoms with Crippen LogP contribution in [0.25, 0.3) is 0 Å². The maximum absolute atomic E-state index is 11.2. The van der Waals surface area contributed by atoms with Crippen LogP contribution in [0.1, 0.15) is 44.9 Å². The average Bonchev–Trinajstić information content (AvgIpc) is 2.61. The van der Waals surface area contributed by atoms with E-state index in [9.17, 15) is 4.79 Å². The van der Waals surface area contributed by atoms with Crippen molar-refractivity contribution in [1.82, 2.24) is 9.97 Å². The number of rotatable bonds is 4. The highest BCUT2D eigenvalue weighted by Gasteiger charge is 2.35. The number of nitrogens with zero attached hydrogens (tertiary/aromatic N) is 3. The second-order valence-corrected chi connectivity index (χ2v) is 7.62. The molecule has 0 atom stereocenters. The van der Waals surface area contributed by atoms with Crippen LogP contribution in [-0.2, 0) is 9.53 Å². The minimum absolute atomic E-state index is 0.237. The number of piperidine rings is 1. The Kier molecular flexibility index (Phi) is 5.41. The molecular formula is C17H25N3O2S. The first-order chi connectivity index (χ1) is 11.2. The minimum atomic E-state index is -0.237. The largest absolute Gasteiger partial charge is 0.468 e. The molecule has 2 aliphatic rings. The van der Waals surface area contributed by atoms with Crippen LogP contribution in [-0.4, -0.2) is 41.9 Å². The Morgan fingerprint density at radius 1 is 1.22 bits per heavy atom. The van der Waals surface area contributed by atoms with Crippen molar-refractivity contribution in [3.8, 4) is 0 Å². The van der Waals surface area contributed by atoms with Gasteiger partial charge in [-0.05, 0) is 31.1 Å². The third kappa shape index (κ3) is 4.16. The van der Waals surface area contributed by atoms with Gasteiger partial charge in [-0.2, -0.15) is 0 Å². The van der Waals surface area contributed by atoms with Crippen LogP contribution in [0, 0.1) is 5.41 Å². The molecule has 1 aromatic rings. The van der Waals surface area contributed by atoms with E-state index in [1.807, 2.05) is 6.20 Å². The van der Waals surface area contributed by atoms with Gasteiger partial charge in [0, 0.05) is 13.1 Å². The smallest absolute Gasteiger partial charge is 0.316 e. The lowest BCUT2D eigenvalue weighted by Gasteiger charge is -2.44. The van der Waals surface area contributed by atoms with Crippen molar-refractivity contribution in [2.45, 2.75) is 50.0 Å². The summed E-state index contributed by atoms with van der Waals surface area (Å²) >= 11 is 1.38. The summed E-state index contributed by atoms with van der Waals surface area (Å²) in [7, 11) is 1.40. The molecule has 23 heavy (non-hydrogen) atoms. The molecule has 5 nitrogen and oxygen atoms in total. The molecule has 1 saturated heterocycles. The van der Waals surface area contributed by atoms with Gasteiger partial charge in [0.2, 0.25) is 0 Å². The summed E-state index contributed by atoms with van der Waals surface area (Å²) in [4.78, 5) is 22.5. The Labute approximate surface area is 142 Å². The lowest BCUT2D eigenvalue weighted by molar-refractivity contribution is -0.137. The molecule has 0 radical (unpaired) electrons. The van der Waals surface area contributed by atoms with Gasteiger partial charge in [0.15, 0.2) is 0 Å². The second kappa shape index (κ2) is 7.51. The maximum atomic E-state index is 11.2. The first kappa shape index (κ1) is 16.6. The number of esters is 1. The number of hydrogen-bond donors (Lipinski definition) is 0. The third-order valence-corrected chi connectivity index (χ3v) is 6.10. The molecule has 0 aromatic carbocycles. The standard InChI is InChI=1S/C17H25N3O2S/c1-22-16(21)13-23-15-12-18-11-14(19-15)20-9-7-17(8-10-20)5-3-2-4-6-17/h11-12H,2-10,13H2,1H3. The number of carbonyl (C=O) groups is 1. The van der Waals surface area contributed by atoms with E-state index in [-0.39, 0.29) is 11.7 Å². The van der Waals surface area contributed by atoms with Gasteiger partial charge in [-0.25, -0.2) is 4.98 Å². The monoisotopic (exact) mass is 335 g/mol. The lowest BCUT2D eigenvalue weighted by Crippen LogP contribution is -2.41. The molecule has 0 unspecified atom stereocenters. The van der Waals surface area contributed by atoms with Crippen molar-refractivity contribution in [3.63, 3.8) is 0 Å². The van der Waals surface area contributed by atoms with Crippen LogP contribution in [0.4, 0.5) is 5.82 Å². The first-order valence-corrected chi connectivity index (χ1v) is 9.46.